The fourth-order valence-electron chi connectivity index (χ4n) is 1.76. The summed E-state index contributed by atoms with van der Waals surface area (Å²) < 4.78 is 6.01. The lowest BCUT2D eigenvalue weighted by Crippen LogP contribution is -2.41. The molecule has 1 amide bonds. The van der Waals surface area contributed by atoms with E-state index in [0.717, 1.165) is 10.0 Å². The number of methoxy groups -OCH3 is 1. The summed E-state index contributed by atoms with van der Waals surface area (Å²) in [5, 5.41) is 6.06. The smallest absolute Gasteiger partial charge is 0.234 e. The van der Waals surface area contributed by atoms with Crippen LogP contribution in [0, 0.1) is 0 Å². The lowest BCUT2D eigenvalue weighted by atomic mass is 10.1. The molecule has 0 spiro atoms. The summed E-state index contributed by atoms with van der Waals surface area (Å²) in [6.45, 7) is 4.77. The molecule has 0 aliphatic heterocycles. The Morgan fingerprint density at radius 2 is 2.16 bits per heavy atom. The first-order valence-corrected chi connectivity index (χ1v) is 7.09. The highest BCUT2D eigenvalue weighted by Crippen LogP contribution is 2.17. The predicted octanol–water partition coefficient (Wildman–Crippen LogP) is 2.25. The van der Waals surface area contributed by atoms with Crippen LogP contribution in [-0.2, 0) is 9.53 Å². The summed E-state index contributed by atoms with van der Waals surface area (Å²) >= 11 is 3.44. The van der Waals surface area contributed by atoms with E-state index in [1.165, 1.54) is 0 Å². The van der Waals surface area contributed by atoms with Crippen molar-refractivity contribution >= 4 is 21.8 Å². The molecule has 1 aromatic rings. The average molecular weight is 329 g/mol. The second kappa shape index (κ2) is 8.30. The molecule has 106 valence electrons. The molecule has 2 atom stereocenters. The lowest BCUT2D eigenvalue weighted by molar-refractivity contribution is -0.121. The number of hydrogen-bond acceptors (Lipinski definition) is 3. The average Bonchev–Trinajstić information content (AvgIpc) is 2.36. The Morgan fingerprint density at radius 3 is 2.79 bits per heavy atom. The van der Waals surface area contributed by atoms with Gasteiger partial charge in [-0.15, -0.1) is 0 Å². The largest absolute Gasteiger partial charge is 0.383 e. The molecule has 19 heavy (non-hydrogen) atoms. The highest BCUT2D eigenvalue weighted by Gasteiger charge is 2.10. The third-order valence-corrected chi connectivity index (χ3v) is 3.23. The van der Waals surface area contributed by atoms with Crippen molar-refractivity contribution in [1.29, 1.82) is 0 Å². The van der Waals surface area contributed by atoms with E-state index in [4.69, 9.17) is 4.74 Å². The number of halogens is 1. The van der Waals surface area contributed by atoms with Crippen molar-refractivity contribution in [1.82, 2.24) is 10.6 Å². The van der Waals surface area contributed by atoms with Crippen molar-refractivity contribution in [3.05, 3.63) is 34.3 Å². The molecule has 0 saturated heterocycles. The van der Waals surface area contributed by atoms with E-state index in [-0.39, 0.29) is 18.0 Å². The number of nitrogens with one attached hydrogen (secondary N) is 2. The van der Waals surface area contributed by atoms with E-state index >= 15 is 0 Å². The summed E-state index contributed by atoms with van der Waals surface area (Å²) in [5.41, 5.74) is 1.15. The standard InChI is InChI=1S/C14H21BrN2O2/c1-10(9-19-3)17-14(18)8-16-11(2)12-5-4-6-13(15)7-12/h4-7,10-11,16H,8-9H2,1-3H3,(H,17,18)/t10?,11-/m0/s1. The Morgan fingerprint density at radius 1 is 1.42 bits per heavy atom. The summed E-state index contributed by atoms with van der Waals surface area (Å²) in [6.07, 6.45) is 0. The van der Waals surface area contributed by atoms with Crippen LogP contribution in [0.15, 0.2) is 28.7 Å². The van der Waals surface area contributed by atoms with E-state index < -0.39 is 0 Å². The van der Waals surface area contributed by atoms with Crippen LogP contribution in [0.2, 0.25) is 0 Å². The number of amides is 1. The third kappa shape index (κ3) is 6.18. The second-order valence-electron chi connectivity index (χ2n) is 4.58. The summed E-state index contributed by atoms with van der Waals surface area (Å²) in [6, 6.07) is 8.20. The molecule has 1 unspecified atom stereocenters. The lowest BCUT2D eigenvalue weighted by Gasteiger charge is -2.16. The van der Waals surface area contributed by atoms with E-state index in [0.29, 0.717) is 13.2 Å². The molecule has 0 radical (unpaired) electrons. The fraction of sp³-hybridized carbons (Fsp3) is 0.500. The number of carbonyl (C=O) groups is 1. The van der Waals surface area contributed by atoms with Crippen LogP contribution in [0.25, 0.3) is 0 Å². The minimum atomic E-state index is -0.0219. The van der Waals surface area contributed by atoms with Crippen molar-refractivity contribution in [3.63, 3.8) is 0 Å². The van der Waals surface area contributed by atoms with Gasteiger partial charge in [-0.3, -0.25) is 4.79 Å². The quantitative estimate of drug-likeness (QED) is 0.807. The number of rotatable bonds is 7. The molecule has 0 aliphatic rings. The highest BCUT2D eigenvalue weighted by molar-refractivity contribution is 9.10. The van der Waals surface area contributed by atoms with Crippen LogP contribution < -0.4 is 10.6 Å². The minimum absolute atomic E-state index is 0.0219. The molecule has 0 fully saturated rings. The number of hydrogen-bond donors (Lipinski definition) is 2. The van der Waals surface area contributed by atoms with E-state index in [1.54, 1.807) is 7.11 Å². The zero-order valence-electron chi connectivity index (χ0n) is 11.6. The second-order valence-corrected chi connectivity index (χ2v) is 5.50. The maximum absolute atomic E-state index is 11.7. The summed E-state index contributed by atoms with van der Waals surface area (Å²) in [7, 11) is 1.62. The summed E-state index contributed by atoms with van der Waals surface area (Å²) in [5.74, 6) is -0.0219. The molecule has 1 rings (SSSR count). The molecule has 0 bridgehead atoms. The van der Waals surface area contributed by atoms with Crippen LogP contribution in [0.3, 0.4) is 0 Å². The molecule has 0 aromatic heterocycles. The van der Waals surface area contributed by atoms with Gasteiger partial charge in [-0.1, -0.05) is 28.1 Å². The molecule has 2 N–H and O–H groups in total. The molecular formula is C14H21BrN2O2. The molecule has 0 heterocycles. The van der Waals surface area contributed by atoms with Gasteiger partial charge in [0.2, 0.25) is 5.91 Å². The van der Waals surface area contributed by atoms with E-state index in [1.807, 2.05) is 38.1 Å². The van der Waals surface area contributed by atoms with Crippen molar-refractivity contribution < 1.29 is 9.53 Å². The first kappa shape index (κ1) is 16.1. The molecule has 0 aliphatic carbocycles. The van der Waals surface area contributed by atoms with Gasteiger partial charge in [0.05, 0.1) is 13.2 Å². The number of carbonyl (C=O) groups excluding carboxylic acids is 1. The van der Waals surface area contributed by atoms with Crippen molar-refractivity contribution in [3.8, 4) is 0 Å². The van der Waals surface area contributed by atoms with Crippen molar-refractivity contribution in [2.45, 2.75) is 25.9 Å². The summed E-state index contributed by atoms with van der Waals surface area (Å²) in [4.78, 5) is 11.7. The fourth-order valence-corrected chi connectivity index (χ4v) is 2.17. The maximum Gasteiger partial charge on any atom is 0.234 e. The first-order chi connectivity index (χ1) is 9.02. The van der Waals surface area contributed by atoms with Gasteiger partial charge in [-0.2, -0.15) is 0 Å². The van der Waals surface area contributed by atoms with Crippen molar-refractivity contribution in [2.24, 2.45) is 0 Å². The Balaban J connectivity index is 2.37. The molecule has 5 heteroatoms. The topological polar surface area (TPSA) is 50.4 Å². The predicted molar refractivity (Wildman–Crippen MR) is 80.0 cm³/mol. The van der Waals surface area contributed by atoms with Gasteiger partial charge in [0.25, 0.3) is 0 Å². The van der Waals surface area contributed by atoms with Crippen LogP contribution >= 0.6 is 15.9 Å². The number of benzene rings is 1. The Kier molecular flexibility index (Phi) is 7.05. The van der Waals surface area contributed by atoms with Gasteiger partial charge in [-0.05, 0) is 31.5 Å². The van der Waals surface area contributed by atoms with Gasteiger partial charge < -0.3 is 15.4 Å². The Hall–Kier alpha value is -0.910. The molecular weight excluding hydrogens is 308 g/mol. The highest BCUT2D eigenvalue weighted by atomic mass is 79.9. The van der Waals surface area contributed by atoms with Crippen LogP contribution in [0.4, 0.5) is 0 Å². The van der Waals surface area contributed by atoms with Gasteiger partial charge in [0, 0.05) is 23.7 Å². The number of ether oxygens (including phenoxy) is 1. The SMILES string of the molecule is COCC(C)NC(=O)CN[C@@H](C)c1cccc(Br)c1. The van der Waals surface area contributed by atoms with Crippen LogP contribution in [0.5, 0.6) is 0 Å². The monoisotopic (exact) mass is 328 g/mol. The van der Waals surface area contributed by atoms with Gasteiger partial charge >= 0.3 is 0 Å². The zero-order chi connectivity index (χ0) is 14.3. The van der Waals surface area contributed by atoms with Crippen LogP contribution in [-0.4, -0.2) is 32.2 Å². The van der Waals surface area contributed by atoms with Gasteiger partial charge in [0.1, 0.15) is 0 Å². The zero-order valence-corrected chi connectivity index (χ0v) is 13.2. The van der Waals surface area contributed by atoms with E-state index in [9.17, 15) is 4.79 Å². The van der Waals surface area contributed by atoms with Gasteiger partial charge in [0.15, 0.2) is 0 Å². The first-order valence-electron chi connectivity index (χ1n) is 6.30. The normalized spacial score (nSPS) is 13.9. The molecule has 0 saturated carbocycles. The Labute approximate surface area is 123 Å². The van der Waals surface area contributed by atoms with Gasteiger partial charge in [-0.25, -0.2) is 0 Å². The van der Waals surface area contributed by atoms with E-state index in [2.05, 4.69) is 26.6 Å². The third-order valence-electron chi connectivity index (χ3n) is 2.74. The van der Waals surface area contributed by atoms with Crippen molar-refractivity contribution in [2.75, 3.05) is 20.3 Å². The molecule has 1 aromatic carbocycles. The minimum Gasteiger partial charge on any atom is -0.383 e. The maximum atomic E-state index is 11.7. The van der Waals surface area contributed by atoms with Crippen LogP contribution in [0.1, 0.15) is 25.5 Å². The molecule has 4 nitrogen and oxygen atoms in total. The Bertz CT molecular complexity index is 412.